The van der Waals surface area contributed by atoms with E-state index in [0.717, 1.165) is 24.8 Å². The fraction of sp³-hybridized carbons (Fsp3) is 0.500. The summed E-state index contributed by atoms with van der Waals surface area (Å²) < 4.78 is 26.0. The van der Waals surface area contributed by atoms with Crippen LogP contribution in [0.3, 0.4) is 0 Å². The van der Waals surface area contributed by atoms with E-state index in [9.17, 15) is 8.42 Å². The molecule has 0 bridgehead atoms. The quantitative estimate of drug-likeness (QED) is 0.791. The van der Waals surface area contributed by atoms with Crippen LogP contribution in [0.1, 0.15) is 31.7 Å². The molecule has 3 nitrogen and oxygen atoms in total. The van der Waals surface area contributed by atoms with Crippen molar-refractivity contribution in [3.05, 3.63) is 28.8 Å². The van der Waals surface area contributed by atoms with Crippen LogP contribution >= 0.6 is 11.6 Å². The molecule has 0 atom stereocenters. The molecule has 0 spiro atoms. The van der Waals surface area contributed by atoms with E-state index in [0.29, 0.717) is 23.0 Å². The van der Waals surface area contributed by atoms with Crippen LogP contribution < -0.4 is 0 Å². The van der Waals surface area contributed by atoms with Gasteiger partial charge in [0.05, 0.1) is 5.02 Å². The molecule has 0 amide bonds. The van der Waals surface area contributed by atoms with Gasteiger partial charge in [-0.1, -0.05) is 43.5 Å². The average molecular weight is 274 g/mol. The third kappa shape index (κ3) is 2.34. The van der Waals surface area contributed by atoms with Gasteiger partial charge in [-0.15, -0.1) is 0 Å². The van der Waals surface area contributed by atoms with Crippen molar-refractivity contribution in [1.29, 1.82) is 0 Å². The van der Waals surface area contributed by atoms with E-state index >= 15 is 0 Å². The fourth-order valence-electron chi connectivity index (χ4n) is 2.11. The van der Waals surface area contributed by atoms with Gasteiger partial charge in [0.25, 0.3) is 0 Å². The van der Waals surface area contributed by atoms with Crippen molar-refractivity contribution < 1.29 is 8.42 Å². The topological polar surface area (TPSA) is 37.4 Å². The number of unbranched alkanes of at least 4 members (excludes halogenated alkanes) is 2. The van der Waals surface area contributed by atoms with E-state index in [1.165, 1.54) is 4.31 Å². The Morgan fingerprint density at radius 1 is 1.35 bits per heavy atom. The molecule has 0 saturated heterocycles. The molecule has 0 saturated carbocycles. The minimum absolute atomic E-state index is 0.304. The number of rotatable bonds is 4. The second kappa shape index (κ2) is 4.96. The van der Waals surface area contributed by atoms with Gasteiger partial charge in [0.15, 0.2) is 0 Å². The molecule has 1 heterocycles. The summed E-state index contributed by atoms with van der Waals surface area (Å²) in [5.41, 5.74) is 0.814. The molecular weight excluding hydrogens is 258 g/mol. The number of hydrogen-bond donors (Lipinski definition) is 0. The number of nitrogens with zero attached hydrogens (tertiary/aromatic N) is 1. The Balaban J connectivity index is 2.25. The van der Waals surface area contributed by atoms with Crippen LogP contribution in [0.15, 0.2) is 23.1 Å². The number of benzene rings is 1. The summed E-state index contributed by atoms with van der Waals surface area (Å²) in [6.07, 6.45) is 3.04. The second-order valence-corrected chi connectivity index (χ2v) is 6.56. The molecule has 17 heavy (non-hydrogen) atoms. The summed E-state index contributed by atoms with van der Waals surface area (Å²) in [5.74, 6) is 0. The first-order chi connectivity index (χ1) is 8.07. The maximum Gasteiger partial charge on any atom is 0.245 e. The zero-order valence-electron chi connectivity index (χ0n) is 9.82. The highest BCUT2D eigenvalue weighted by Crippen LogP contribution is 2.35. The lowest BCUT2D eigenvalue weighted by Crippen LogP contribution is -2.25. The van der Waals surface area contributed by atoms with Crippen molar-refractivity contribution in [2.24, 2.45) is 0 Å². The maximum absolute atomic E-state index is 12.2. The van der Waals surface area contributed by atoms with Gasteiger partial charge < -0.3 is 0 Å². The zero-order chi connectivity index (χ0) is 12.5. The predicted molar refractivity (Wildman–Crippen MR) is 68.6 cm³/mol. The van der Waals surface area contributed by atoms with Gasteiger partial charge in [0.1, 0.15) is 4.90 Å². The van der Waals surface area contributed by atoms with Crippen LogP contribution in [0.25, 0.3) is 0 Å². The Kier molecular flexibility index (Phi) is 3.76. The fourth-order valence-corrected chi connectivity index (χ4v) is 4.31. The monoisotopic (exact) mass is 273 g/mol. The predicted octanol–water partition coefficient (Wildman–Crippen LogP) is 3.03. The summed E-state index contributed by atoms with van der Waals surface area (Å²) in [6.45, 7) is 3.15. The molecule has 5 heteroatoms. The minimum Gasteiger partial charge on any atom is -0.207 e. The first-order valence-electron chi connectivity index (χ1n) is 5.85. The summed E-state index contributed by atoms with van der Waals surface area (Å²) in [7, 11) is -3.36. The molecular formula is C12H16ClNO2S. The highest BCUT2D eigenvalue weighted by molar-refractivity contribution is 7.89. The number of fused-ring (bicyclic) bond motifs is 1. The van der Waals surface area contributed by atoms with E-state index < -0.39 is 10.0 Å². The molecule has 0 aliphatic carbocycles. The number of sulfonamides is 1. The molecule has 0 aromatic heterocycles. The number of hydrogen-bond acceptors (Lipinski definition) is 2. The smallest absolute Gasteiger partial charge is 0.207 e. The molecule has 2 rings (SSSR count). The molecule has 0 N–H and O–H groups in total. The average Bonchev–Trinajstić information content (AvgIpc) is 2.52. The van der Waals surface area contributed by atoms with E-state index in [4.69, 9.17) is 11.6 Å². The molecule has 1 aromatic carbocycles. The van der Waals surface area contributed by atoms with E-state index in [2.05, 4.69) is 6.92 Å². The maximum atomic E-state index is 12.2. The highest BCUT2D eigenvalue weighted by atomic mass is 35.5. The van der Waals surface area contributed by atoms with Crippen molar-refractivity contribution in [2.75, 3.05) is 6.54 Å². The van der Waals surface area contributed by atoms with Crippen molar-refractivity contribution in [1.82, 2.24) is 4.31 Å². The molecule has 0 radical (unpaired) electrons. The normalized spacial score (nSPS) is 18.2. The van der Waals surface area contributed by atoms with Gasteiger partial charge >= 0.3 is 0 Å². The summed E-state index contributed by atoms with van der Waals surface area (Å²) >= 11 is 5.97. The lowest BCUT2D eigenvalue weighted by atomic mass is 10.2. The Labute approximate surface area is 107 Å². The summed E-state index contributed by atoms with van der Waals surface area (Å²) in [4.78, 5) is 0.304. The van der Waals surface area contributed by atoms with Gasteiger partial charge in [-0.3, -0.25) is 0 Å². The van der Waals surface area contributed by atoms with Gasteiger partial charge in [0.2, 0.25) is 10.0 Å². The lowest BCUT2D eigenvalue weighted by Gasteiger charge is -2.13. The first kappa shape index (κ1) is 12.9. The van der Waals surface area contributed by atoms with Crippen LogP contribution in [0.2, 0.25) is 5.02 Å². The van der Waals surface area contributed by atoms with Gasteiger partial charge in [-0.25, -0.2) is 8.42 Å². The van der Waals surface area contributed by atoms with Crippen LogP contribution in [-0.2, 0) is 16.6 Å². The van der Waals surface area contributed by atoms with Crippen LogP contribution in [0.4, 0.5) is 0 Å². The third-order valence-corrected chi connectivity index (χ3v) is 5.42. The second-order valence-electron chi connectivity index (χ2n) is 4.27. The van der Waals surface area contributed by atoms with Crippen LogP contribution in [0, 0.1) is 0 Å². The van der Waals surface area contributed by atoms with Crippen molar-refractivity contribution in [3.63, 3.8) is 0 Å². The standard InChI is InChI=1S/C12H16ClNO2S/c1-2-3-4-8-14-9-10-6-5-7-11(13)12(10)17(14,15)16/h5-7H,2-4,8-9H2,1H3. The van der Waals surface area contributed by atoms with E-state index in [1.807, 2.05) is 6.07 Å². The van der Waals surface area contributed by atoms with Crippen molar-refractivity contribution in [3.8, 4) is 0 Å². The zero-order valence-corrected chi connectivity index (χ0v) is 11.4. The molecule has 94 valence electrons. The number of halogens is 1. The van der Waals surface area contributed by atoms with Crippen LogP contribution in [-0.4, -0.2) is 19.3 Å². The lowest BCUT2D eigenvalue weighted by molar-refractivity contribution is 0.411. The SMILES string of the molecule is CCCCCN1Cc2cccc(Cl)c2S1(=O)=O. The molecule has 0 fully saturated rings. The minimum atomic E-state index is -3.36. The third-order valence-electron chi connectivity index (χ3n) is 3.00. The first-order valence-corrected chi connectivity index (χ1v) is 7.66. The molecule has 1 aromatic rings. The van der Waals surface area contributed by atoms with Crippen LogP contribution in [0.5, 0.6) is 0 Å². The molecule has 1 aliphatic rings. The Hall–Kier alpha value is -0.580. The Bertz CT molecular complexity index is 513. The van der Waals surface area contributed by atoms with Gasteiger partial charge in [-0.05, 0) is 18.1 Å². The Morgan fingerprint density at radius 2 is 2.12 bits per heavy atom. The summed E-state index contributed by atoms with van der Waals surface area (Å²) in [6, 6.07) is 5.26. The van der Waals surface area contributed by atoms with Gasteiger partial charge in [0, 0.05) is 13.1 Å². The van der Waals surface area contributed by atoms with Crippen molar-refractivity contribution >= 4 is 21.6 Å². The largest absolute Gasteiger partial charge is 0.245 e. The molecule has 0 unspecified atom stereocenters. The molecule has 1 aliphatic heterocycles. The van der Waals surface area contributed by atoms with Gasteiger partial charge in [-0.2, -0.15) is 4.31 Å². The van der Waals surface area contributed by atoms with E-state index in [-0.39, 0.29) is 0 Å². The summed E-state index contributed by atoms with van der Waals surface area (Å²) in [5, 5.41) is 0.334. The van der Waals surface area contributed by atoms with Crippen molar-refractivity contribution in [2.45, 2.75) is 37.6 Å². The Morgan fingerprint density at radius 3 is 2.76 bits per heavy atom. The van der Waals surface area contributed by atoms with E-state index in [1.54, 1.807) is 12.1 Å². The highest BCUT2D eigenvalue weighted by Gasteiger charge is 2.35.